The van der Waals surface area contributed by atoms with Crippen LogP contribution in [0.1, 0.15) is 45.7 Å². The number of pyridine rings is 1. The summed E-state index contributed by atoms with van der Waals surface area (Å²) in [6.45, 7) is 7.54. The smallest absolute Gasteiger partial charge is 0.323 e. The number of halogens is 2. The zero-order valence-electron chi connectivity index (χ0n) is 16.4. The molecule has 0 radical (unpaired) electrons. The van der Waals surface area contributed by atoms with Gasteiger partial charge in [-0.2, -0.15) is 0 Å². The molecule has 7 nitrogen and oxygen atoms in total. The molecule has 0 unspecified atom stereocenters. The number of imide groups is 1. The van der Waals surface area contributed by atoms with Gasteiger partial charge in [-0.25, -0.2) is 9.78 Å². The number of rotatable bonds is 3. The van der Waals surface area contributed by atoms with Gasteiger partial charge in [0.25, 0.3) is 5.91 Å². The Labute approximate surface area is 174 Å². The van der Waals surface area contributed by atoms with Crippen molar-refractivity contribution in [2.45, 2.75) is 52.5 Å². The zero-order chi connectivity index (χ0) is 20.9. The third-order valence-corrected chi connectivity index (χ3v) is 5.96. The first kappa shape index (κ1) is 20.9. The molecule has 9 heteroatoms. The van der Waals surface area contributed by atoms with E-state index in [1.807, 2.05) is 0 Å². The lowest BCUT2D eigenvalue weighted by molar-refractivity contribution is -0.136. The molecule has 4 amide bonds. The number of aryl methyl sites for hydroxylation is 1. The van der Waals surface area contributed by atoms with E-state index in [4.69, 9.17) is 23.2 Å². The van der Waals surface area contributed by atoms with E-state index in [2.05, 4.69) is 36.4 Å². The molecule has 28 heavy (non-hydrogen) atoms. The molecule has 2 fully saturated rings. The van der Waals surface area contributed by atoms with E-state index < -0.39 is 24.0 Å². The van der Waals surface area contributed by atoms with Gasteiger partial charge in [0.15, 0.2) is 5.82 Å². The van der Waals surface area contributed by atoms with Crippen molar-refractivity contribution in [3.63, 3.8) is 0 Å². The Balaban J connectivity index is 1.74. The highest BCUT2D eigenvalue weighted by Crippen LogP contribution is 2.46. The first-order chi connectivity index (χ1) is 12.9. The van der Waals surface area contributed by atoms with Gasteiger partial charge in [0.1, 0.15) is 12.1 Å². The van der Waals surface area contributed by atoms with Gasteiger partial charge in [0, 0.05) is 0 Å². The van der Waals surface area contributed by atoms with E-state index in [0.29, 0.717) is 29.5 Å². The lowest BCUT2D eigenvalue weighted by Gasteiger charge is -2.43. The van der Waals surface area contributed by atoms with Crippen LogP contribution in [-0.2, 0) is 9.59 Å². The Kier molecular flexibility index (Phi) is 5.36. The maximum absolute atomic E-state index is 13.1. The summed E-state index contributed by atoms with van der Waals surface area (Å²) in [5.41, 5.74) is -0.503. The standard InChI is InChI=1S/C19H24Cl2N4O3/c1-10-6-18(3,4)9-19(7-10)16(27)25(17(28)24-19)8-14(26)23-15-13(21)5-12(20)11(2)22-15/h5,10H,6-9H2,1-4H3,(H,24,28)(H,22,23,26)/t10-,19+/m0/s1. The fraction of sp³-hybridized carbons (Fsp3) is 0.579. The molecule has 3 rings (SSSR count). The summed E-state index contributed by atoms with van der Waals surface area (Å²) in [6.07, 6.45) is 2.11. The van der Waals surface area contributed by atoms with Crippen LogP contribution in [0, 0.1) is 18.3 Å². The van der Waals surface area contributed by atoms with Crippen molar-refractivity contribution >= 4 is 46.9 Å². The van der Waals surface area contributed by atoms with Crippen molar-refractivity contribution in [1.82, 2.24) is 15.2 Å². The third kappa shape index (κ3) is 3.96. The zero-order valence-corrected chi connectivity index (χ0v) is 17.9. The average Bonchev–Trinajstić information content (AvgIpc) is 2.74. The topological polar surface area (TPSA) is 91.4 Å². The minimum atomic E-state index is -0.939. The quantitative estimate of drug-likeness (QED) is 0.719. The molecule has 1 saturated carbocycles. The van der Waals surface area contributed by atoms with E-state index in [1.165, 1.54) is 6.07 Å². The second-order valence-electron chi connectivity index (χ2n) is 8.69. The van der Waals surface area contributed by atoms with Gasteiger partial charge >= 0.3 is 6.03 Å². The number of anilines is 1. The number of nitrogens with zero attached hydrogens (tertiary/aromatic N) is 2. The minimum Gasteiger partial charge on any atom is -0.323 e. The van der Waals surface area contributed by atoms with Crippen LogP contribution in [-0.4, -0.2) is 39.8 Å². The molecule has 2 N–H and O–H groups in total. The third-order valence-electron chi connectivity index (χ3n) is 5.29. The maximum Gasteiger partial charge on any atom is 0.325 e. The summed E-state index contributed by atoms with van der Waals surface area (Å²) in [6, 6.07) is 0.936. The molecule has 1 spiro atoms. The van der Waals surface area contributed by atoms with Gasteiger partial charge in [-0.3, -0.25) is 14.5 Å². The summed E-state index contributed by atoms with van der Waals surface area (Å²) >= 11 is 12.0. The highest BCUT2D eigenvalue weighted by Gasteiger charge is 2.56. The number of nitrogens with one attached hydrogen (secondary N) is 2. The number of carbonyl (C=O) groups excluding carboxylic acids is 3. The largest absolute Gasteiger partial charge is 0.325 e. The van der Waals surface area contributed by atoms with Gasteiger partial charge < -0.3 is 10.6 Å². The molecule has 152 valence electrons. The Morgan fingerprint density at radius 3 is 2.64 bits per heavy atom. The van der Waals surface area contributed by atoms with Crippen molar-refractivity contribution in [2.24, 2.45) is 11.3 Å². The first-order valence-corrected chi connectivity index (χ1v) is 9.95. The number of carbonyl (C=O) groups is 3. The molecule has 2 atom stereocenters. The van der Waals surface area contributed by atoms with Gasteiger partial charge in [0.05, 0.1) is 15.7 Å². The number of urea groups is 1. The molecule has 0 aromatic carbocycles. The van der Waals surface area contributed by atoms with E-state index in [0.717, 1.165) is 11.3 Å². The second-order valence-corrected chi connectivity index (χ2v) is 9.51. The van der Waals surface area contributed by atoms with Crippen LogP contribution in [0.2, 0.25) is 10.0 Å². The SMILES string of the molecule is Cc1nc(NC(=O)CN2C(=O)N[C@@]3(C[C@@H](C)CC(C)(C)C3)C2=O)c(Cl)cc1Cl. The number of hydrogen-bond acceptors (Lipinski definition) is 4. The van der Waals surface area contributed by atoms with Crippen LogP contribution in [0.15, 0.2) is 6.07 Å². The monoisotopic (exact) mass is 426 g/mol. The first-order valence-electron chi connectivity index (χ1n) is 9.19. The number of amides is 4. The summed E-state index contributed by atoms with van der Waals surface area (Å²) in [4.78, 5) is 43.1. The Morgan fingerprint density at radius 1 is 1.32 bits per heavy atom. The van der Waals surface area contributed by atoms with Crippen molar-refractivity contribution in [3.8, 4) is 0 Å². The van der Waals surface area contributed by atoms with Gasteiger partial charge in [-0.05, 0) is 43.6 Å². The van der Waals surface area contributed by atoms with Crippen LogP contribution in [0.4, 0.5) is 10.6 Å². The summed E-state index contributed by atoms with van der Waals surface area (Å²) in [7, 11) is 0. The van der Waals surface area contributed by atoms with Gasteiger partial charge in [-0.1, -0.05) is 44.0 Å². The lowest BCUT2D eigenvalue weighted by atomic mass is 9.64. The number of aromatic nitrogens is 1. The van der Waals surface area contributed by atoms with Crippen LogP contribution in [0.5, 0.6) is 0 Å². The molecular formula is C19H24Cl2N4O3. The highest BCUT2D eigenvalue weighted by atomic mass is 35.5. The van der Waals surface area contributed by atoms with Crippen molar-refractivity contribution < 1.29 is 14.4 Å². The molecule has 0 bridgehead atoms. The van der Waals surface area contributed by atoms with Crippen molar-refractivity contribution in [3.05, 3.63) is 21.8 Å². The summed E-state index contributed by atoms with van der Waals surface area (Å²) in [5, 5.41) is 5.96. The Hall–Kier alpha value is -1.86. The summed E-state index contributed by atoms with van der Waals surface area (Å²) in [5.74, 6) is -0.469. The molecule has 2 heterocycles. The fourth-order valence-electron chi connectivity index (χ4n) is 4.61. The maximum atomic E-state index is 13.1. The molecule has 1 aromatic rings. The lowest BCUT2D eigenvalue weighted by Crippen LogP contribution is -2.54. The highest BCUT2D eigenvalue weighted by molar-refractivity contribution is 6.36. The molecular weight excluding hydrogens is 403 g/mol. The van der Waals surface area contributed by atoms with E-state index in [1.54, 1.807) is 6.92 Å². The fourth-order valence-corrected chi connectivity index (χ4v) is 5.02. The average molecular weight is 427 g/mol. The predicted molar refractivity (Wildman–Crippen MR) is 107 cm³/mol. The van der Waals surface area contributed by atoms with E-state index in [-0.39, 0.29) is 22.2 Å². The van der Waals surface area contributed by atoms with Gasteiger partial charge in [0.2, 0.25) is 5.91 Å². The molecule has 1 aliphatic carbocycles. The Morgan fingerprint density at radius 2 is 2.00 bits per heavy atom. The minimum absolute atomic E-state index is 0.0723. The van der Waals surface area contributed by atoms with E-state index >= 15 is 0 Å². The van der Waals surface area contributed by atoms with Crippen LogP contribution < -0.4 is 10.6 Å². The molecule has 2 aliphatic rings. The van der Waals surface area contributed by atoms with Crippen LogP contribution in [0.3, 0.4) is 0 Å². The predicted octanol–water partition coefficient (Wildman–Crippen LogP) is 3.77. The molecule has 1 aromatic heterocycles. The van der Waals surface area contributed by atoms with Gasteiger partial charge in [-0.15, -0.1) is 0 Å². The number of hydrogen-bond donors (Lipinski definition) is 2. The molecule has 1 aliphatic heterocycles. The van der Waals surface area contributed by atoms with Crippen LogP contribution >= 0.6 is 23.2 Å². The summed E-state index contributed by atoms with van der Waals surface area (Å²) < 4.78 is 0. The van der Waals surface area contributed by atoms with E-state index in [9.17, 15) is 14.4 Å². The van der Waals surface area contributed by atoms with Crippen molar-refractivity contribution in [1.29, 1.82) is 0 Å². The second kappa shape index (κ2) is 7.19. The van der Waals surface area contributed by atoms with Crippen LogP contribution in [0.25, 0.3) is 0 Å². The normalized spacial score (nSPS) is 26.5. The molecule has 1 saturated heterocycles. The van der Waals surface area contributed by atoms with Crippen molar-refractivity contribution in [2.75, 3.05) is 11.9 Å². The Bertz CT molecular complexity index is 858.